The number of benzene rings is 3. The molecule has 0 bridgehead atoms. The number of para-hydroxylation sites is 2. The summed E-state index contributed by atoms with van der Waals surface area (Å²) in [5.41, 5.74) is 0.781. The van der Waals surface area contributed by atoms with Crippen molar-refractivity contribution in [2.75, 3.05) is 13.2 Å². The maximum absolute atomic E-state index is 12.6. The van der Waals surface area contributed by atoms with Crippen LogP contribution in [-0.2, 0) is 16.0 Å². The Morgan fingerprint density at radius 1 is 1.03 bits per heavy atom. The van der Waals surface area contributed by atoms with Gasteiger partial charge in [0.2, 0.25) is 11.8 Å². The SMILES string of the molecule is O=C(CC[C@]1(Cc2ccc3ccccc3c2)CCC(=O)N1)NC[C@@H]1COc2ccccc2O1. The van der Waals surface area contributed by atoms with Crippen molar-refractivity contribution in [3.63, 3.8) is 0 Å². The highest BCUT2D eigenvalue weighted by Gasteiger charge is 2.38. The van der Waals surface area contributed by atoms with Crippen molar-refractivity contribution in [2.45, 2.75) is 43.7 Å². The van der Waals surface area contributed by atoms with E-state index >= 15 is 0 Å². The Kier molecular flexibility index (Phi) is 5.90. The van der Waals surface area contributed by atoms with Crippen molar-refractivity contribution < 1.29 is 19.1 Å². The van der Waals surface area contributed by atoms with Gasteiger partial charge in [0.15, 0.2) is 11.5 Å². The van der Waals surface area contributed by atoms with Gasteiger partial charge in [0.05, 0.1) is 6.54 Å². The fourth-order valence-corrected chi connectivity index (χ4v) is 4.75. The van der Waals surface area contributed by atoms with E-state index in [1.165, 1.54) is 16.3 Å². The quantitative estimate of drug-likeness (QED) is 0.582. The maximum Gasteiger partial charge on any atom is 0.220 e. The Labute approximate surface area is 193 Å². The molecule has 0 radical (unpaired) electrons. The molecule has 5 rings (SSSR count). The lowest BCUT2D eigenvalue weighted by molar-refractivity contribution is -0.123. The fourth-order valence-electron chi connectivity index (χ4n) is 4.75. The van der Waals surface area contributed by atoms with Crippen LogP contribution in [0.5, 0.6) is 11.5 Å². The summed E-state index contributed by atoms with van der Waals surface area (Å²) >= 11 is 0. The lowest BCUT2D eigenvalue weighted by Crippen LogP contribution is -2.45. The number of hydrogen-bond donors (Lipinski definition) is 2. The molecule has 0 aliphatic carbocycles. The molecule has 1 fully saturated rings. The van der Waals surface area contributed by atoms with Gasteiger partial charge in [-0.25, -0.2) is 0 Å². The van der Waals surface area contributed by atoms with Crippen LogP contribution in [0.2, 0.25) is 0 Å². The third-order valence-electron chi connectivity index (χ3n) is 6.52. The summed E-state index contributed by atoms with van der Waals surface area (Å²) < 4.78 is 11.6. The lowest BCUT2D eigenvalue weighted by Gasteiger charge is -2.30. The van der Waals surface area contributed by atoms with Crippen LogP contribution < -0.4 is 20.1 Å². The highest BCUT2D eigenvalue weighted by atomic mass is 16.6. The number of nitrogens with one attached hydrogen (secondary N) is 2. The second kappa shape index (κ2) is 9.14. The van der Waals surface area contributed by atoms with Gasteiger partial charge in [0.1, 0.15) is 12.7 Å². The molecule has 0 saturated carbocycles. The molecule has 3 aromatic carbocycles. The van der Waals surface area contributed by atoms with E-state index in [0.29, 0.717) is 44.6 Å². The zero-order valence-electron chi connectivity index (χ0n) is 18.5. The first-order chi connectivity index (χ1) is 16.1. The number of carbonyl (C=O) groups is 2. The number of rotatable bonds is 7. The topological polar surface area (TPSA) is 76.7 Å². The third kappa shape index (κ3) is 4.95. The van der Waals surface area contributed by atoms with Crippen LogP contribution in [0.3, 0.4) is 0 Å². The molecule has 2 aliphatic rings. The van der Waals surface area contributed by atoms with Crippen molar-refractivity contribution in [1.29, 1.82) is 0 Å². The van der Waals surface area contributed by atoms with Crippen molar-refractivity contribution in [1.82, 2.24) is 10.6 Å². The summed E-state index contributed by atoms with van der Waals surface area (Å²) in [6.07, 6.45) is 2.68. The molecule has 6 nitrogen and oxygen atoms in total. The molecule has 170 valence electrons. The normalized spacial score (nSPS) is 21.6. The monoisotopic (exact) mass is 444 g/mol. The van der Waals surface area contributed by atoms with Gasteiger partial charge in [-0.05, 0) is 47.7 Å². The van der Waals surface area contributed by atoms with E-state index in [4.69, 9.17) is 9.47 Å². The molecule has 0 spiro atoms. The molecule has 3 aromatic rings. The molecule has 6 heteroatoms. The zero-order valence-corrected chi connectivity index (χ0v) is 18.5. The van der Waals surface area contributed by atoms with E-state index in [-0.39, 0.29) is 23.5 Å². The molecule has 0 aromatic heterocycles. The summed E-state index contributed by atoms with van der Waals surface area (Å²) in [6.45, 7) is 0.788. The minimum Gasteiger partial charge on any atom is -0.486 e. The average molecular weight is 445 g/mol. The van der Waals surface area contributed by atoms with Crippen LogP contribution in [-0.4, -0.2) is 36.6 Å². The summed E-state index contributed by atoms with van der Waals surface area (Å²) in [4.78, 5) is 24.7. The Morgan fingerprint density at radius 2 is 1.82 bits per heavy atom. The predicted octanol–water partition coefficient (Wildman–Crippen LogP) is 3.77. The van der Waals surface area contributed by atoms with Gasteiger partial charge in [-0.2, -0.15) is 0 Å². The first-order valence-electron chi connectivity index (χ1n) is 11.5. The molecule has 2 aliphatic heterocycles. The van der Waals surface area contributed by atoms with Gasteiger partial charge in [0, 0.05) is 18.4 Å². The highest BCUT2D eigenvalue weighted by molar-refractivity contribution is 5.83. The van der Waals surface area contributed by atoms with Crippen LogP contribution in [0.1, 0.15) is 31.2 Å². The van der Waals surface area contributed by atoms with Gasteiger partial charge < -0.3 is 20.1 Å². The Hall–Kier alpha value is -3.54. The molecule has 0 unspecified atom stereocenters. The second-order valence-electron chi connectivity index (χ2n) is 8.99. The number of hydrogen-bond acceptors (Lipinski definition) is 4. The molecule has 2 atom stereocenters. The van der Waals surface area contributed by atoms with Gasteiger partial charge in [-0.3, -0.25) is 9.59 Å². The van der Waals surface area contributed by atoms with E-state index in [0.717, 1.165) is 12.2 Å². The van der Waals surface area contributed by atoms with E-state index in [1.807, 2.05) is 36.4 Å². The molecule has 2 heterocycles. The Morgan fingerprint density at radius 3 is 2.64 bits per heavy atom. The minimum absolute atomic E-state index is 0.0449. The highest BCUT2D eigenvalue weighted by Crippen LogP contribution is 2.32. The number of fused-ring (bicyclic) bond motifs is 2. The maximum atomic E-state index is 12.6. The van der Waals surface area contributed by atoms with Crippen molar-refractivity contribution in [3.8, 4) is 11.5 Å². The number of carbonyl (C=O) groups excluding carboxylic acids is 2. The molecule has 33 heavy (non-hydrogen) atoms. The van der Waals surface area contributed by atoms with Gasteiger partial charge in [0.25, 0.3) is 0 Å². The number of ether oxygens (including phenoxy) is 2. The van der Waals surface area contributed by atoms with Crippen LogP contribution in [0, 0.1) is 0 Å². The number of amides is 2. The summed E-state index contributed by atoms with van der Waals surface area (Å²) in [5, 5.41) is 8.52. The molecule has 2 amide bonds. The fraction of sp³-hybridized carbons (Fsp3) is 0.333. The first-order valence-corrected chi connectivity index (χ1v) is 11.5. The molecule has 2 N–H and O–H groups in total. The van der Waals surface area contributed by atoms with E-state index in [2.05, 4.69) is 41.0 Å². The lowest BCUT2D eigenvalue weighted by atomic mass is 9.84. The van der Waals surface area contributed by atoms with Crippen LogP contribution in [0.15, 0.2) is 66.7 Å². The van der Waals surface area contributed by atoms with E-state index in [9.17, 15) is 9.59 Å². The standard InChI is InChI=1S/C27H28N2O4/c30-25(28-17-22-18-32-23-7-3-4-8-24(23)33-22)11-13-27(14-12-26(31)29-27)16-19-9-10-20-5-1-2-6-21(20)15-19/h1-10,15,22H,11-14,16-18H2,(H,28,30)(H,29,31)/t22-,27-/m1/s1. The van der Waals surface area contributed by atoms with Crippen molar-refractivity contribution in [3.05, 3.63) is 72.3 Å². The minimum atomic E-state index is -0.389. The molecular formula is C27H28N2O4. The smallest absolute Gasteiger partial charge is 0.220 e. The van der Waals surface area contributed by atoms with Crippen molar-refractivity contribution >= 4 is 22.6 Å². The van der Waals surface area contributed by atoms with Crippen LogP contribution in [0.25, 0.3) is 10.8 Å². The van der Waals surface area contributed by atoms with Crippen molar-refractivity contribution in [2.24, 2.45) is 0 Å². The van der Waals surface area contributed by atoms with Gasteiger partial charge in [-0.1, -0.05) is 54.6 Å². The summed E-state index contributed by atoms with van der Waals surface area (Å²) in [6, 6.07) is 22.2. The predicted molar refractivity (Wildman–Crippen MR) is 126 cm³/mol. The van der Waals surface area contributed by atoms with E-state index < -0.39 is 0 Å². The molecule has 1 saturated heterocycles. The first kappa shape index (κ1) is 21.3. The zero-order chi connectivity index (χ0) is 22.7. The summed E-state index contributed by atoms with van der Waals surface area (Å²) in [5.74, 6) is 1.44. The van der Waals surface area contributed by atoms with Crippen LogP contribution in [0.4, 0.5) is 0 Å². The van der Waals surface area contributed by atoms with E-state index in [1.54, 1.807) is 0 Å². The van der Waals surface area contributed by atoms with Gasteiger partial charge in [-0.15, -0.1) is 0 Å². The average Bonchev–Trinajstić information content (AvgIpc) is 3.21. The summed E-state index contributed by atoms with van der Waals surface area (Å²) in [7, 11) is 0. The largest absolute Gasteiger partial charge is 0.486 e. The second-order valence-corrected chi connectivity index (χ2v) is 8.99. The molecular weight excluding hydrogens is 416 g/mol. The van der Waals surface area contributed by atoms with Gasteiger partial charge >= 0.3 is 0 Å². The Bertz CT molecular complexity index is 1180. The Balaban J connectivity index is 1.18. The van der Waals surface area contributed by atoms with Crippen LogP contribution >= 0.6 is 0 Å². The third-order valence-corrected chi connectivity index (χ3v) is 6.52.